The molecule has 1 aromatic rings. The van der Waals surface area contributed by atoms with E-state index in [1.807, 2.05) is 12.1 Å². The molecule has 98 valence electrons. The molecule has 4 nitrogen and oxygen atoms in total. The molecule has 1 aromatic heterocycles. The van der Waals surface area contributed by atoms with Crippen molar-refractivity contribution < 1.29 is 9.21 Å². The Balaban J connectivity index is 1.56. The van der Waals surface area contributed by atoms with Crippen molar-refractivity contribution in [3.63, 3.8) is 0 Å². The van der Waals surface area contributed by atoms with Crippen LogP contribution in [0.5, 0.6) is 0 Å². The van der Waals surface area contributed by atoms with Gasteiger partial charge in [0.1, 0.15) is 5.76 Å². The lowest BCUT2D eigenvalue weighted by atomic mass is 9.80. The summed E-state index contributed by atoms with van der Waals surface area (Å²) in [7, 11) is 0. The van der Waals surface area contributed by atoms with Crippen LogP contribution in [0, 0.1) is 0 Å². The molecule has 0 radical (unpaired) electrons. The van der Waals surface area contributed by atoms with Crippen molar-refractivity contribution in [2.75, 3.05) is 13.1 Å². The Hall–Kier alpha value is -1.29. The Bertz CT molecular complexity index is 405. The van der Waals surface area contributed by atoms with E-state index in [4.69, 9.17) is 4.42 Å². The minimum absolute atomic E-state index is 0.0923. The van der Waals surface area contributed by atoms with E-state index in [1.165, 1.54) is 0 Å². The van der Waals surface area contributed by atoms with E-state index in [0.717, 1.165) is 51.1 Å². The predicted octanol–water partition coefficient (Wildman–Crippen LogP) is 1.91. The van der Waals surface area contributed by atoms with Gasteiger partial charge in [0, 0.05) is 25.0 Å². The van der Waals surface area contributed by atoms with Gasteiger partial charge in [0.05, 0.1) is 12.8 Å². The van der Waals surface area contributed by atoms with Crippen molar-refractivity contribution in [2.45, 2.75) is 44.2 Å². The van der Waals surface area contributed by atoms with Gasteiger partial charge in [-0.3, -0.25) is 9.69 Å². The fourth-order valence-corrected chi connectivity index (χ4v) is 3.15. The lowest BCUT2D eigenvalue weighted by Gasteiger charge is -2.44. The zero-order valence-corrected chi connectivity index (χ0v) is 10.7. The van der Waals surface area contributed by atoms with Crippen LogP contribution in [0.25, 0.3) is 0 Å². The number of nitrogens with one attached hydrogen (secondary N) is 1. The van der Waals surface area contributed by atoms with Gasteiger partial charge in [0.25, 0.3) is 0 Å². The van der Waals surface area contributed by atoms with E-state index in [2.05, 4.69) is 10.2 Å². The average molecular weight is 248 g/mol. The van der Waals surface area contributed by atoms with E-state index in [-0.39, 0.29) is 11.4 Å². The summed E-state index contributed by atoms with van der Waals surface area (Å²) in [5.41, 5.74) is 0.0923. The van der Waals surface area contributed by atoms with Crippen molar-refractivity contribution in [1.82, 2.24) is 10.2 Å². The number of carbonyl (C=O) groups is 1. The van der Waals surface area contributed by atoms with Crippen LogP contribution in [0.4, 0.5) is 0 Å². The van der Waals surface area contributed by atoms with Crippen molar-refractivity contribution in [1.29, 1.82) is 0 Å². The largest absolute Gasteiger partial charge is 0.468 e. The molecular formula is C14H20N2O2. The summed E-state index contributed by atoms with van der Waals surface area (Å²) in [6.45, 7) is 2.97. The maximum Gasteiger partial charge on any atom is 0.220 e. The second-order valence-electron chi connectivity index (χ2n) is 5.54. The average Bonchev–Trinajstić information content (AvgIpc) is 2.85. The first-order chi connectivity index (χ1) is 8.76. The van der Waals surface area contributed by atoms with Crippen molar-refractivity contribution >= 4 is 5.91 Å². The lowest BCUT2D eigenvalue weighted by Crippen LogP contribution is -2.57. The summed E-state index contributed by atoms with van der Waals surface area (Å²) >= 11 is 0. The molecule has 3 rings (SSSR count). The molecule has 1 amide bonds. The molecule has 0 aliphatic carbocycles. The van der Waals surface area contributed by atoms with E-state index >= 15 is 0 Å². The molecule has 2 aliphatic rings. The summed E-state index contributed by atoms with van der Waals surface area (Å²) in [5.74, 6) is 1.26. The molecule has 4 heteroatoms. The number of carbonyl (C=O) groups excluding carboxylic acids is 1. The monoisotopic (exact) mass is 248 g/mol. The SMILES string of the molecule is O=C1CCCC2(CCN(Cc3ccco3)CC2)N1. The Morgan fingerprint density at radius 2 is 2.17 bits per heavy atom. The molecule has 3 heterocycles. The number of likely N-dealkylation sites (tertiary alicyclic amines) is 1. The number of furan rings is 1. The van der Waals surface area contributed by atoms with Gasteiger partial charge < -0.3 is 9.73 Å². The molecule has 2 saturated heterocycles. The van der Waals surface area contributed by atoms with Gasteiger partial charge in [-0.1, -0.05) is 0 Å². The molecule has 0 bridgehead atoms. The van der Waals surface area contributed by atoms with Crippen molar-refractivity contribution in [3.8, 4) is 0 Å². The second kappa shape index (κ2) is 4.76. The highest BCUT2D eigenvalue weighted by Crippen LogP contribution is 2.31. The molecule has 0 aromatic carbocycles. The van der Waals surface area contributed by atoms with E-state index in [0.29, 0.717) is 6.42 Å². The second-order valence-corrected chi connectivity index (χ2v) is 5.54. The first kappa shape index (κ1) is 11.8. The van der Waals surface area contributed by atoms with Crippen LogP contribution in [0.2, 0.25) is 0 Å². The highest BCUT2D eigenvalue weighted by molar-refractivity contribution is 5.77. The lowest BCUT2D eigenvalue weighted by molar-refractivity contribution is -0.126. The Labute approximate surface area is 107 Å². The smallest absolute Gasteiger partial charge is 0.220 e. The topological polar surface area (TPSA) is 45.5 Å². The van der Waals surface area contributed by atoms with Gasteiger partial charge >= 0.3 is 0 Å². The number of hydrogen-bond acceptors (Lipinski definition) is 3. The Kier molecular flexibility index (Phi) is 3.12. The summed E-state index contributed by atoms with van der Waals surface area (Å²) in [6.07, 6.45) is 6.76. The first-order valence-corrected chi connectivity index (χ1v) is 6.82. The molecule has 0 unspecified atom stereocenters. The number of piperidine rings is 2. The highest BCUT2D eigenvalue weighted by atomic mass is 16.3. The Morgan fingerprint density at radius 1 is 1.33 bits per heavy atom. The molecule has 0 atom stereocenters. The summed E-state index contributed by atoms with van der Waals surface area (Å²) in [4.78, 5) is 13.9. The van der Waals surface area contributed by atoms with Crippen LogP contribution in [0.3, 0.4) is 0 Å². The molecule has 1 N–H and O–H groups in total. The third-order valence-corrected chi connectivity index (χ3v) is 4.24. The minimum Gasteiger partial charge on any atom is -0.468 e. The quantitative estimate of drug-likeness (QED) is 0.869. The summed E-state index contributed by atoms with van der Waals surface area (Å²) < 4.78 is 5.38. The third kappa shape index (κ3) is 2.43. The maximum atomic E-state index is 11.5. The Morgan fingerprint density at radius 3 is 2.83 bits per heavy atom. The minimum atomic E-state index is 0.0923. The van der Waals surface area contributed by atoms with E-state index < -0.39 is 0 Å². The zero-order chi connectivity index (χ0) is 12.4. The molecule has 18 heavy (non-hydrogen) atoms. The molecule has 2 aliphatic heterocycles. The standard InChI is InChI=1S/C14H20N2O2/c17-13-4-1-5-14(15-13)6-8-16(9-7-14)11-12-3-2-10-18-12/h2-3,10H,1,4-9,11H2,(H,15,17). The number of nitrogens with zero attached hydrogens (tertiary/aromatic N) is 1. The van der Waals surface area contributed by atoms with Gasteiger partial charge in [-0.15, -0.1) is 0 Å². The number of hydrogen-bond donors (Lipinski definition) is 1. The third-order valence-electron chi connectivity index (χ3n) is 4.24. The number of rotatable bonds is 2. The van der Waals surface area contributed by atoms with E-state index in [1.54, 1.807) is 6.26 Å². The van der Waals surface area contributed by atoms with Crippen LogP contribution < -0.4 is 5.32 Å². The first-order valence-electron chi connectivity index (χ1n) is 6.82. The normalized spacial score (nSPS) is 24.1. The van der Waals surface area contributed by atoms with E-state index in [9.17, 15) is 4.79 Å². The maximum absolute atomic E-state index is 11.5. The van der Waals surface area contributed by atoms with Gasteiger partial charge in [0.15, 0.2) is 0 Å². The van der Waals surface area contributed by atoms with Crippen LogP contribution in [-0.4, -0.2) is 29.4 Å². The van der Waals surface area contributed by atoms with Gasteiger partial charge in [0.2, 0.25) is 5.91 Å². The zero-order valence-electron chi connectivity index (χ0n) is 10.7. The summed E-state index contributed by atoms with van der Waals surface area (Å²) in [6, 6.07) is 3.95. The highest BCUT2D eigenvalue weighted by Gasteiger charge is 2.37. The van der Waals surface area contributed by atoms with Gasteiger partial charge in [-0.2, -0.15) is 0 Å². The van der Waals surface area contributed by atoms with Crippen LogP contribution in [0.15, 0.2) is 22.8 Å². The van der Waals surface area contributed by atoms with Gasteiger partial charge in [-0.05, 0) is 37.8 Å². The number of amides is 1. The summed E-state index contributed by atoms with van der Waals surface area (Å²) in [5, 5.41) is 3.22. The van der Waals surface area contributed by atoms with Crippen LogP contribution in [0.1, 0.15) is 37.9 Å². The predicted molar refractivity (Wildman–Crippen MR) is 67.9 cm³/mol. The fraction of sp³-hybridized carbons (Fsp3) is 0.643. The van der Waals surface area contributed by atoms with Crippen LogP contribution in [-0.2, 0) is 11.3 Å². The molecule has 2 fully saturated rings. The molecule has 0 saturated carbocycles. The molecular weight excluding hydrogens is 228 g/mol. The fourth-order valence-electron chi connectivity index (χ4n) is 3.15. The van der Waals surface area contributed by atoms with Gasteiger partial charge in [-0.25, -0.2) is 0 Å². The van der Waals surface area contributed by atoms with Crippen molar-refractivity contribution in [3.05, 3.63) is 24.2 Å². The van der Waals surface area contributed by atoms with Crippen molar-refractivity contribution in [2.24, 2.45) is 0 Å². The van der Waals surface area contributed by atoms with Crippen LogP contribution >= 0.6 is 0 Å². The molecule has 1 spiro atoms.